The highest BCUT2D eigenvalue weighted by atomic mass is 35.5. The van der Waals surface area contributed by atoms with Crippen LogP contribution in [-0.2, 0) is 4.57 Å². The Morgan fingerprint density at radius 1 is 1.14 bits per heavy atom. The van der Waals surface area contributed by atoms with Crippen molar-refractivity contribution in [1.29, 1.82) is 0 Å². The van der Waals surface area contributed by atoms with Crippen molar-refractivity contribution < 1.29 is 13.0 Å². The van der Waals surface area contributed by atoms with E-state index in [-0.39, 0.29) is 5.03 Å². The number of halogens is 4. The van der Waals surface area contributed by atoms with Crippen LogP contribution in [0.15, 0.2) is 35.1 Å². The van der Waals surface area contributed by atoms with Crippen LogP contribution in [0.2, 0.25) is 0 Å². The lowest BCUT2D eigenvalue weighted by molar-refractivity contribution is 0.505. The molecule has 0 radical (unpaired) electrons. The van der Waals surface area contributed by atoms with Gasteiger partial charge in [-0.1, -0.05) is 53.5 Å². The van der Waals surface area contributed by atoms with E-state index in [9.17, 15) is 13.0 Å². The molecular weight excluding hydrogens is 252 g/mol. The molecule has 1 aromatic rings. The normalized spacial score (nSPS) is 13.7. The molecule has 14 heavy (non-hydrogen) atoms. The van der Waals surface area contributed by atoms with E-state index in [4.69, 9.17) is 23.2 Å². The first-order valence-corrected chi connectivity index (χ1v) is 5.78. The van der Waals surface area contributed by atoms with Gasteiger partial charge < -0.3 is 0 Å². The van der Waals surface area contributed by atoms with E-state index < -0.39 is 12.5 Å². The summed E-state index contributed by atoms with van der Waals surface area (Å²) in [6.45, 7) is 0. The van der Waals surface area contributed by atoms with Crippen LogP contribution in [0.4, 0.5) is 8.39 Å². The quantitative estimate of drug-likeness (QED) is 0.687. The molecule has 0 aromatic heterocycles. The highest BCUT2D eigenvalue weighted by Crippen LogP contribution is 2.61. The third-order valence-corrected chi connectivity index (χ3v) is 3.53. The van der Waals surface area contributed by atoms with E-state index >= 15 is 0 Å². The van der Waals surface area contributed by atoms with Gasteiger partial charge in [-0.15, -0.1) is 8.39 Å². The Kier molecular flexibility index (Phi) is 3.71. The maximum atomic E-state index is 12.3. The number of hydrogen-bond donors (Lipinski definition) is 0. The van der Waals surface area contributed by atoms with Gasteiger partial charge in [0.15, 0.2) is 4.77 Å². The molecule has 0 unspecified atom stereocenters. The van der Waals surface area contributed by atoms with Crippen molar-refractivity contribution >= 4 is 36.0 Å². The zero-order valence-electron chi connectivity index (χ0n) is 6.75. The number of rotatable bonds is 2. The molecule has 1 nitrogen and oxygen atoms in total. The first kappa shape index (κ1) is 11.7. The molecule has 0 atom stereocenters. The topological polar surface area (TPSA) is 17.1 Å². The summed E-state index contributed by atoms with van der Waals surface area (Å²) in [6.07, 6.45) is 0. The second kappa shape index (κ2) is 4.43. The van der Waals surface area contributed by atoms with Gasteiger partial charge in [-0.3, -0.25) is 0 Å². The predicted molar refractivity (Wildman–Crippen MR) is 54.9 cm³/mol. The van der Waals surface area contributed by atoms with Gasteiger partial charge in [0.1, 0.15) is 0 Å². The summed E-state index contributed by atoms with van der Waals surface area (Å²) in [4.78, 5) is 0. The molecule has 0 aliphatic rings. The Labute approximate surface area is 89.9 Å². The lowest BCUT2D eigenvalue weighted by Crippen LogP contribution is -1.78. The minimum absolute atomic E-state index is 0.315. The first-order chi connectivity index (χ1) is 6.43. The monoisotopic (exact) mass is 256 g/mol. The largest absolute Gasteiger partial charge is 0.446 e. The Morgan fingerprint density at radius 3 is 2.07 bits per heavy atom. The molecule has 6 heteroatoms. The van der Waals surface area contributed by atoms with Crippen molar-refractivity contribution in [1.82, 2.24) is 0 Å². The van der Waals surface area contributed by atoms with Gasteiger partial charge in [0.05, 0.1) is 5.03 Å². The van der Waals surface area contributed by atoms with Crippen molar-refractivity contribution in [3.8, 4) is 0 Å². The third kappa shape index (κ3) is 2.81. The first-order valence-electron chi connectivity index (χ1n) is 3.53. The summed E-state index contributed by atoms with van der Waals surface area (Å²) >= 11 is 10.7. The molecule has 0 bridgehead atoms. The molecule has 0 aliphatic carbocycles. The molecule has 0 fully saturated rings. The molecule has 1 rings (SSSR count). The average molecular weight is 257 g/mol. The van der Waals surface area contributed by atoms with E-state index in [1.807, 2.05) is 0 Å². The summed E-state index contributed by atoms with van der Waals surface area (Å²) in [5, 5.41) is -0.374. The van der Waals surface area contributed by atoms with E-state index in [0.29, 0.717) is 5.56 Å². The molecule has 0 N–H and O–H groups in total. The van der Waals surface area contributed by atoms with Crippen LogP contribution in [-0.4, -0.2) is 0 Å². The minimum atomic E-state index is -5.47. The van der Waals surface area contributed by atoms with Crippen molar-refractivity contribution in [3.63, 3.8) is 0 Å². The van der Waals surface area contributed by atoms with Crippen molar-refractivity contribution in [2.24, 2.45) is 0 Å². The van der Waals surface area contributed by atoms with E-state index in [0.717, 1.165) is 0 Å². The van der Waals surface area contributed by atoms with Crippen LogP contribution in [0.5, 0.6) is 0 Å². The summed E-state index contributed by atoms with van der Waals surface area (Å²) in [5.41, 5.74) is 0.315. The smallest absolute Gasteiger partial charge is 0.243 e. The highest BCUT2D eigenvalue weighted by molar-refractivity contribution is 7.60. The zero-order chi connectivity index (χ0) is 10.8. The Morgan fingerprint density at radius 2 is 1.64 bits per heavy atom. The van der Waals surface area contributed by atoms with Crippen LogP contribution in [0.25, 0.3) is 5.03 Å². The molecule has 0 heterocycles. The molecule has 0 saturated carbocycles. The van der Waals surface area contributed by atoms with E-state index in [1.165, 1.54) is 12.1 Å². The zero-order valence-corrected chi connectivity index (χ0v) is 9.16. The van der Waals surface area contributed by atoms with Crippen LogP contribution in [0, 0.1) is 0 Å². The second-order valence-corrected chi connectivity index (χ2v) is 4.82. The summed E-state index contributed by atoms with van der Waals surface area (Å²) in [7, 11) is -5.47. The predicted octanol–water partition coefficient (Wildman–Crippen LogP) is 4.92. The molecule has 0 spiro atoms. The van der Waals surface area contributed by atoms with Gasteiger partial charge in [-0.2, -0.15) is 0 Å². The molecule has 0 saturated heterocycles. The fourth-order valence-corrected chi connectivity index (χ4v) is 1.71. The van der Waals surface area contributed by atoms with Gasteiger partial charge >= 0.3 is 7.76 Å². The maximum absolute atomic E-state index is 12.3. The molecular formula is C8H5Cl2F2OP. The van der Waals surface area contributed by atoms with Crippen LogP contribution in [0.1, 0.15) is 5.56 Å². The second-order valence-electron chi connectivity index (χ2n) is 2.43. The van der Waals surface area contributed by atoms with Gasteiger partial charge in [0, 0.05) is 0 Å². The summed E-state index contributed by atoms with van der Waals surface area (Å²) in [6, 6.07) is 7.93. The van der Waals surface area contributed by atoms with Crippen molar-refractivity contribution in [2.75, 3.05) is 0 Å². The number of hydrogen-bond acceptors (Lipinski definition) is 1. The minimum Gasteiger partial charge on any atom is -0.243 e. The lowest BCUT2D eigenvalue weighted by Gasteiger charge is -2.02. The van der Waals surface area contributed by atoms with Gasteiger partial charge in [0.2, 0.25) is 0 Å². The van der Waals surface area contributed by atoms with E-state index in [2.05, 4.69) is 0 Å². The van der Waals surface area contributed by atoms with Gasteiger partial charge in [-0.05, 0) is 5.56 Å². The fraction of sp³-hybridized carbons (Fsp3) is 0. The van der Waals surface area contributed by atoms with Gasteiger partial charge in [-0.25, -0.2) is 4.57 Å². The van der Waals surface area contributed by atoms with Crippen molar-refractivity contribution in [2.45, 2.75) is 0 Å². The summed E-state index contributed by atoms with van der Waals surface area (Å²) in [5.74, 6) is 0. The van der Waals surface area contributed by atoms with Crippen LogP contribution >= 0.6 is 31.0 Å². The van der Waals surface area contributed by atoms with Crippen molar-refractivity contribution in [3.05, 3.63) is 40.7 Å². The molecule has 1 aromatic carbocycles. The molecule has 0 aliphatic heterocycles. The lowest BCUT2D eigenvalue weighted by atomic mass is 10.2. The van der Waals surface area contributed by atoms with Crippen LogP contribution in [0.3, 0.4) is 0 Å². The van der Waals surface area contributed by atoms with Crippen LogP contribution < -0.4 is 0 Å². The van der Waals surface area contributed by atoms with E-state index in [1.54, 1.807) is 18.2 Å². The summed E-state index contributed by atoms with van der Waals surface area (Å²) < 4.78 is 33.9. The number of benzene rings is 1. The fourth-order valence-electron chi connectivity index (χ4n) is 0.818. The molecule has 0 amide bonds. The third-order valence-electron chi connectivity index (χ3n) is 1.44. The van der Waals surface area contributed by atoms with Gasteiger partial charge in [0.25, 0.3) is 0 Å². The Bertz CT molecular complexity index is 399. The SMILES string of the molecule is O=P(F)(F)/C(Cl)=C(\Cl)c1ccccc1. The Hall–Kier alpha value is -0.370. The maximum Gasteiger partial charge on any atom is 0.446 e. The highest BCUT2D eigenvalue weighted by Gasteiger charge is 2.28. The molecule has 76 valence electrons. The standard InChI is InChI=1S/C8H5Cl2F2OP/c9-7(8(10)14(11,12)13)6-4-2-1-3-5-6/h1-5H/b8-7-. The average Bonchev–Trinajstić information content (AvgIpc) is 2.15. The Balaban J connectivity index is 3.19.